The molecule has 0 unspecified atom stereocenters. The number of hydrogen-bond acceptors (Lipinski definition) is 5. The molecule has 0 spiro atoms. The van der Waals surface area contributed by atoms with Crippen molar-refractivity contribution in [1.29, 1.82) is 0 Å². The summed E-state index contributed by atoms with van der Waals surface area (Å²) in [4.78, 5) is 25.6. The Bertz CT molecular complexity index is 865. The number of piperazine rings is 1. The van der Waals surface area contributed by atoms with E-state index in [1.165, 1.54) is 0 Å². The van der Waals surface area contributed by atoms with Gasteiger partial charge in [0.1, 0.15) is 5.65 Å². The first kappa shape index (κ1) is 16.5. The second kappa shape index (κ2) is 7.13. The Morgan fingerprint density at radius 1 is 1.15 bits per heavy atom. The van der Waals surface area contributed by atoms with Crippen molar-refractivity contribution < 1.29 is 9.53 Å². The minimum Gasteiger partial charge on any atom is -0.481 e. The van der Waals surface area contributed by atoms with Gasteiger partial charge in [-0.25, -0.2) is 9.97 Å². The molecule has 0 aromatic carbocycles. The second-order valence-corrected chi connectivity index (χ2v) is 6.36. The normalized spacial score (nSPS) is 15.3. The smallest absolute Gasteiger partial charge is 0.255 e. The van der Waals surface area contributed by atoms with Crippen LogP contribution in [0.1, 0.15) is 16.1 Å². The van der Waals surface area contributed by atoms with Gasteiger partial charge >= 0.3 is 0 Å². The van der Waals surface area contributed by atoms with Crippen LogP contribution in [0, 0.1) is 0 Å². The molecule has 0 atom stereocenters. The van der Waals surface area contributed by atoms with Crippen LogP contribution in [0.5, 0.6) is 5.88 Å². The SMILES string of the molecule is COc1ccc(C(=O)N2CCN(Cc3cn4ccccc4n3)CC2)cn1. The van der Waals surface area contributed by atoms with Gasteiger partial charge in [-0.15, -0.1) is 0 Å². The van der Waals surface area contributed by atoms with Crippen molar-refractivity contribution >= 4 is 11.6 Å². The van der Waals surface area contributed by atoms with Gasteiger partial charge < -0.3 is 14.0 Å². The van der Waals surface area contributed by atoms with Gasteiger partial charge in [0.25, 0.3) is 5.91 Å². The van der Waals surface area contributed by atoms with E-state index in [1.807, 2.05) is 33.7 Å². The molecule has 1 saturated heterocycles. The molecule has 7 heteroatoms. The van der Waals surface area contributed by atoms with Crippen LogP contribution in [0.3, 0.4) is 0 Å². The molecular formula is C19H21N5O2. The zero-order chi connectivity index (χ0) is 17.9. The molecule has 4 rings (SSSR count). The lowest BCUT2D eigenvalue weighted by atomic mass is 10.2. The van der Waals surface area contributed by atoms with Gasteiger partial charge in [-0.1, -0.05) is 6.07 Å². The van der Waals surface area contributed by atoms with Crippen molar-refractivity contribution in [3.8, 4) is 5.88 Å². The van der Waals surface area contributed by atoms with Crippen LogP contribution in [0.25, 0.3) is 5.65 Å². The van der Waals surface area contributed by atoms with Crippen molar-refractivity contribution in [1.82, 2.24) is 24.2 Å². The number of nitrogens with zero attached hydrogens (tertiary/aromatic N) is 5. The Labute approximate surface area is 151 Å². The molecule has 0 aliphatic carbocycles. The maximum Gasteiger partial charge on any atom is 0.255 e. The maximum absolute atomic E-state index is 12.6. The van der Waals surface area contributed by atoms with Gasteiger partial charge in [-0.3, -0.25) is 9.69 Å². The first-order valence-corrected chi connectivity index (χ1v) is 8.67. The Balaban J connectivity index is 1.35. The summed E-state index contributed by atoms with van der Waals surface area (Å²) in [6, 6.07) is 9.47. The highest BCUT2D eigenvalue weighted by molar-refractivity contribution is 5.94. The van der Waals surface area contributed by atoms with E-state index in [2.05, 4.69) is 21.1 Å². The Hall–Kier alpha value is -2.93. The third-order valence-corrected chi connectivity index (χ3v) is 4.65. The zero-order valence-corrected chi connectivity index (χ0v) is 14.7. The standard InChI is InChI=1S/C19H21N5O2/c1-26-18-6-5-15(12-20-18)19(25)23-10-8-22(9-11-23)13-16-14-24-7-3-2-4-17(24)21-16/h2-7,12,14H,8-11,13H2,1H3. The van der Waals surface area contributed by atoms with Crippen LogP contribution in [0.15, 0.2) is 48.9 Å². The Kier molecular flexibility index (Phi) is 4.53. The zero-order valence-electron chi connectivity index (χ0n) is 14.7. The summed E-state index contributed by atoms with van der Waals surface area (Å²) < 4.78 is 7.07. The summed E-state index contributed by atoms with van der Waals surface area (Å²) in [5.74, 6) is 0.534. The van der Waals surface area contributed by atoms with Crippen molar-refractivity contribution in [2.45, 2.75) is 6.54 Å². The van der Waals surface area contributed by atoms with Gasteiger partial charge in [0.15, 0.2) is 0 Å². The monoisotopic (exact) mass is 351 g/mol. The quantitative estimate of drug-likeness (QED) is 0.716. The lowest BCUT2D eigenvalue weighted by Crippen LogP contribution is -2.48. The molecule has 26 heavy (non-hydrogen) atoms. The molecule has 0 bridgehead atoms. The van der Waals surface area contributed by atoms with Gasteiger partial charge in [0, 0.05) is 57.4 Å². The number of carbonyl (C=O) groups excluding carboxylic acids is 1. The predicted molar refractivity (Wildman–Crippen MR) is 97.2 cm³/mol. The molecule has 0 saturated carbocycles. The number of amides is 1. The summed E-state index contributed by atoms with van der Waals surface area (Å²) in [6.45, 7) is 3.89. The lowest BCUT2D eigenvalue weighted by molar-refractivity contribution is 0.0626. The molecule has 1 fully saturated rings. The van der Waals surface area contributed by atoms with E-state index >= 15 is 0 Å². The largest absolute Gasteiger partial charge is 0.481 e. The topological polar surface area (TPSA) is 63.0 Å². The number of rotatable bonds is 4. The minimum atomic E-state index is 0.0209. The van der Waals surface area contributed by atoms with Crippen LogP contribution in [0.2, 0.25) is 0 Å². The third kappa shape index (κ3) is 3.39. The predicted octanol–water partition coefficient (Wildman–Crippen LogP) is 1.70. The fourth-order valence-electron chi connectivity index (χ4n) is 3.21. The summed E-state index contributed by atoms with van der Waals surface area (Å²) in [5, 5.41) is 0. The summed E-state index contributed by atoms with van der Waals surface area (Å²) in [5.41, 5.74) is 2.61. The van der Waals surface area contributed by atoms with Gasteiger partial charge in [-0.2, -0.15) is 0 Å². The molecular weight excluding hydrogens is 330 g/mol. The van der Waals surface area contributed by atoms with Crippen LogP contribution >= 0.6 is 0 Å². The van der Waals surface area contributed by atoms with E-state index in [1.54, 1.807) is 25.4 Å². The minimum absolute atomic E-state index is 0.0209. The van der Waals surface area contributed by atoms with Crippen LogP contribution in [-0.4, -0.2) is 63.4 Å². The van der Waals surface area contributed by atoms with E-state index < -0.39 is 0 Å². The van der Waals surface area contributed by atoms with E-state index in [-0.39, 0.29) is 5.91 Å². The van der Waals surface area contributed by atoms with E-state index in [4.69, 9.17) is 4.74 Å². The number of aromatic nitrogens is 3. The number of imidazole rings is 1. The maximum atomic E-state index is 12.6. The molecule has 134 valence electrons. The average molecular weight is 351 g/mol. The van der Waals surface area contributed by atoms with Gasteiger partial charge in [0.2, 0.25) is 5.88 Å². The molecule has 0 radical (unpaired) electrons. The molecule has 1 amide bonds. The first-order chi connectivity index (χ1) is 12.7. The van der Waals surface area contributed by atoms with Crippen LogP contribution < -0.4 is 4.74 Å². The van der Waals surface area contributed by atoms with Crippen molar-refractivity contribution in [3.63, 3.8) is 0 Å². The van der Waals surface area contributed by atoms with Crippen molar-refractivity contribution in [2.24, 2.45) is 0 Å². The van der Waals surface area contributed by atoms with Crippen molar-refractivity contribution in [3.05, 3.63) is 60.2 Å². The number of methoxy groups -OCH3 is 1. The number of hydrogen-bond donors (Lipinski definition) is 0. The number of pyridine rings is 2. The van der Waals surface area contributed by atoms with Gasteiger partial charge in [-0.05, 0) is 18.2 Å². The Morgan fingerprint density at radius 2 is 2.00 bits per heavy atom. The highest BCUT2D eigenvalue weighted by Crippen LogP contribution is 2.13. The number of carbonyl (C=O) groups is 1. The molecule has 7 nitrogen and oxygen atoms in total. The second-order valence-electron chi connectivity index (χ2n) is 6.36. The Morgan fingerprint density at radius 3 is 2.69 bits per heavy atom. The van der Waals surface area contributed by atoms with E-state index in [9.17, 15) is 4.79 Å². The van der Waals surface area contributed by atoms with Crippen molar-refractivity contribution in [2.75, 3.05) is 33.3 Å². The van der Waals surface area contributed by atoms with Gasteiger partial charge in [0.05, 0.1) is 18.4 Å². The van der Waals surface area contributed by atoms with Crippen LogP contribution in [0.4, 0.5) is 0 Å². The lowest BCUT2D eigenvalue weighted by Gasteiger charge is -2.34. The number of fused-ring (bicyclic) bond motifs is 1. The highest BCUT2D eigenvalue weighted by Gasteiger charge is 2.23. The molecule has 3 aromatic rings. The van der Waals surface area contributed by atoms with Crippen LogP contribution in [-0.2, 0) is 6.54 Å². The van der Waals surface area contributed by atoms with E-state index in [0.29, 0.717) is 24.5 Å². The first-order valence-electron chi connectivity index (χ1n) is 8.67. The molecule has 3 aromatic heterocycles. The summed E-state index contributed by atoms with van der Waals surface area (Å²) in [6.07, 6.45) is 5.64. The van der Waals surface area contributed by atoms with E-state index in [0.717, 1.165) is 31.0 Å². The molecule has 4 heterocycles. The molecule has 0 N–H and O–H groups in total. The fraction of sp³-hybridized carbons (Fsp3) is 0.316. The molecule has 1 aliphatic rings. The summed E-state index contributed by atoms with van der Waals surface area (Å²) >= 11 is 0. The molecule has 1 aliphatic heterocycles. The summed E-state index contributed by atoms with van der Waals surface area (Å²) in [7, 11) is 1.56. The highest BCUT2D eigenvalue weighted by atomic mass is 16.5. The number of ether oxygens (including phenoxy) is 1. The fourth-order valence-corrected chi connectivity index (χ4v) is 3.21. The average Bonchev–Trinajstić information content (AvgIpc) is 3.10. The third-order valence-electron chi connectivity index (χ3n) is 4.65.